The van der Waals surface area contributed by atoms with Crippen LogP contribution in [0.25, 0.3) is 0 Å². The smallest absolute Gasteiger partial charge is 0.0475 e. The number of hydrogen-bond donors (Lipinski definition) is 1. The lowest BCUT2D eigenvalue weighted by Crippen LogP contribution is -2.20. The zero-order valence-corrected chi connectivity index (χ0v) is 13.1. The van der Waals surface area contributed by atoms with Crippen molar-refractivity contribution in [3.05, 3.63) is 53.6 Å². The lowest BCUT2D eigenvalue weighted by atomic mass is 9.84. The van der Waals surface area contributed by atoms with E-state index in [-0.39, 0.29) is 5.41 Å². The van der Waals surface area contributed by atoms with Crippen molar-refractivity contribution in [2.24, 2.45) is 0 Å². The van der Waals surface area contributed by atoms with Gasteiger partial charge in [0.2, 0.25) is 0 Å². The van der Waals surface area contributed by atoms with Gasteiger partial charge in [0.1, 0.15) is 0 Å². The van der Waals surface area contributed by atoms with Gasteiger partial charge in [-0.05, 0) is 47.7 Å². The molecule has 2 aromatic carbocycles. The van der Waals surface area contributed by atoms with Crippen LogP contribution in [0.3, 0.4) is 0 Å². The number of para-hydroxylation sites is 1. The van der Waals surface area contributed by atoms with Crippen molar-refractivity contribution >= 4 is 17.1 Å². The van der Waals surface area contributed by atoms with Gasteiger partial charge in [-0.2, -0.15) is 0 Å². The normalized spacial score (nSPS) is 11.4. The molecule has 0 bridgehead atoms. The number of anilines is 3. The molecule has 106 valence electrons. The maximum absolute atomic E-state index is 5.78. The first-order valence-electron chi connectivity index (χ1n) is 7.00. The summed E-state index contributed by atoms with van der Waals surface area (Å²) in [6.07, 6.45) is 0. The Hall–Kier alpha value is -1.96. The van der Waals surface area contributed by atoms with Crippen molar-refractivity contribution in [1.82, 2.24) is 0 Å². The third-order valence-corrected chi connectivity index (χ3v) is 3.66. The maximum Gasteiger partial charge on any atom is 0.0475 e. The van der Waals surface area contributed by atoms with Crippen LogP contribution in [-0.2, 0) is 5.41 Å². The Kier molecular flexibility index (Phi) is 3.76. The molecule has 2 rings (SSSR count). The van der Waals surface area contributed by atoms with Crippen LogP contribution in [0, 0.1) is 6.92 Å². The van der Waals surface area contributed by atoms with E-state index >= 15 is 0 Å². The number of aryl methyl sites for hydroxylation is 1. The summed E-state index contributed by atoms with van der Waals surface area (Å²) in [6, 6.07) is 14.5. The predicted molar refractivity (Wildman–Crippen MR) is 88.8 cm³/mol. The number of benzene rings is 2. The zero-order valence-electron chi connectivity index (χ0n) is 13.1. The molecular formula is C18H24N2. The first kappa shape index (κ1) is 14.4. The first-order chi connectivity index (χ1) is 9.30. The van der Waals surface area contributed by atoms with Gasteiger partial charge in [0.25, 0.3) is 0 Å². The van der Waals surface area contributed by atoms with Gasteiger partial charge < -0.3 is 10.6 Å². The molecule has 0 fully saturated rings. The van der Waals surface area contributed by atoms with Crippen LogP contribution in [0.15, 0.2) is 42.5 Å². The summed E-state index contributed by atoms with van der Waals surface area (Å²) >= 11 is 0. The lowest BCUT2D eigenvalue weighted by Gasteiger charge is -2.30. The number of nitrogens with two attached hydrogens (primary N) is 1. The second-order valence-electron chi connectivity index (χ2n) is 6.37. The quantitative estimate of drug-likeness (QED) is 0.804. The second kappa shape index (κ2) is 5.20. The van der Waals surface area contributed by atoms with Gasteiger partial charge in [-0.15, -0.1) is 0 Å². The average molecular weight is 268 g/mol. The Labute approximate surface area is 122 Å². The van der Waals surface area contributed by atoms with Crippen molar-refractivity contribution < 1.29 is 0 Å². The summed E-state index contributed by atoms with van der Waals surface area (Å²) in [5.74, 6) is 0. The van der Waals surface area contributed by atoms with Crippen molar-refractivity contribution in [2.45, 2.75) is 33.1 Å². The lowest BCUT2D eigenvalue weighted by molar-refractivity contribution is 0.590. The third kappa shape index (κ3) is 2.79. The highest BCUT2D eigenvalue weighted by molar-refractivity contribution is 5.71. The van der Waals surface area contributed by atoms with Gasteiger partial charge in [-0.3, -0.25) is 0 Å². The molecule has 0 heterocycles. The third-order valence-electron chi connectivity index (χ3n) is 3.66. The Morgan fingerprint density at radius 3 is 2.10 bits per heavy atom. The number of nitrogens with zero attached hydrogens (tertiary/aromatic N) is 1. The minimum atomic E-state index is 0.115. The van der Waals surface area contributed by atoms with E-state index in [1.165, 1.54) is 16.8 Å². The van der Waals surface area contributed by atoms with E-state index in [4.69, 9.17) is 5.73 Å². The van der Waals surface area contributed by atoms with E-state index in [2.05, 4.69) is 70.0 Å². The minimum absolute atomic E-state index is 0.115. The van der Waals surface area contributed by atoms with Crippen LogP contribution in [0.2, 0.25) is 0 Å². The highest BCUT2D eigenvalue weighted by atomic mass is 15.1. The molecule has 2 aromatic rings. The number of nitrogen functional groups attached to an aromatic ring is 1. The summed E-state index contributed by atoms with van der Waals surface area (Å²) in [4.78, 5) is 2.25. The molecule has 0 saturated carbocycles. The van der Waals surface area contributed by atoms with Crippen LogP contribution < -0.4 is 10.6 Å². The van der Waals surface area contributed by atoms with Gasteiger partial charge in [-0.25, -0.2) is 0 Å². The fourth-order valence-corrected chi connectivity index (χ4v) is 2.54. The van der Waals surface area contributed by atoms with Gasteiger partial charge in [0.15, 0.2) is 0 Å². The molecule has 0 radical (unpaired) electrons. The average Bonchev–Trinajstić information content (AvgIpc) is 2.37. The van der Waals surface area contributed by atoms with E-state index in [0.717, 1.165) is 11.4 Å². The van der Waals surface area contributed by atoms with Crippen molar-refractivity contribution in [2.75, 3.05) is 17.7 Å². The van der Waals surface area contributed by atoms with Crippen molar-refractivity contribution in [3.63, 3.8) is 0 Å². The van der Waals surface area contributed by atoms with E-state index in [1.807, 2.05) is 12.1 Å². The van der Waals surface area contributed by atoms with Crippen molar-refractivity contribution in [1.29, 1.82) is 0 Å². The molecule has 0 atom stereocenters. The van der Waals surface area contributed by atoms with Crippen LogP contribution in [0.1, 0.15) is 31.9 Å². The highest BCUT2D eigenvalue weighted by Gasteiger charge is 2.21. The molecule has 0 aliphatic carbocycles. The fourth-order valence-electron chi connectivity index (χ4n) is 2.54. The van der Waals surface area contributed by atoms with Gasteiger partial charge in [-0.1, -0.05) is 39.0 Å². The van der Waals surface area contributed by atoms with E-state index in [0.29, 0.717) is 0 Å². The second-order valence-corrected chi connectivity index (χ2v) is 6.37. The molecule has 0 aliphatic rings. The molecule has 0 aromatic heterocycles. The molecule has 20 heavy (non-hydrogen) atoms. The summed E-state index contributed by atoms with van der Waals surface area (Å²) < 4.78 is 0. The SMILES string of the molecule is Cc1cccc(C(C)(C)C)c1N(C)c1ccc(N)cc1. The molecule has 0 spiro atoms. The Morgan fingerprint density at radius 2 is 1.55 bits per heavy atom. The molecule has 0 amide bonds. The summed E-state index contributed by atoms with van der Waals surface area (Å²) in [5, 5.41) is 0. The largest absolute Gasteiger partial charge is 0.399 e. The summed E-state index contributed by atoms with van der Waals surface area (Å²) in [5.41, 5.74) is 11.8. The zero-order chi connectivity index (χ0) is 14.9. The van der Waals surface area contributed by atoms with Crippen molar-refractivity contribution in [3.8, 4) is 0 Å². The molecular weight excluding hydrogens is 244 g/mol. The maximum atomic E-state index is 5.78. The topological polar surface area (TPSA) is 29.3 Å². The minimum Gasteiger partial charge on any atom is -0.399 e. The molecule has 0 saturated heterocycles. The molecule has 0 aliphatic heterocycles. The monoisotopic (exact) mass is 268 g/mol. The first-order valence-corrected chi connectivity index (χ1v) is 7.00. The molecule has 2 heteroatoms. The Morgan fingerprint density at radius 1 is 0.950 bits per heavy atom. The molecule has 2 N–H and O–H groups in total. The molecule has 0 unspecified atom stereocenters. The van der Waals surface area contributed by atoms with Gasteiger partial charge in [0.05, 0.1) is 0 Å². The number of rotatable bonds is 2. The van der Waals surface area contributed by atoms with E-state index in [9.17, 15) is 0 Å². The summed E-state index contributed by atoms with van der Waals surface area (Å²) in [7, 11) is 2.11. The van der Waals surface area contributed by atoms with Crippen LogP contribution in [0.5, 0.6) is 0 Å². The predicted octanol–water partition coefficient (Wildman–Crippen LogP) is 4.64. The highest BCUT2D eigenvalue weighted by Crippen LogP contribution is 2.37. The summed E-state index contributed by atoms with van der Waals surface area (Å²) in [6.45, 7) is 8.92. The fraction of sp³-hybridized carbons (Fsp3) is 0.333. The number of hydrogen-bond acceptors (Lipinski definition) is 2. The van der Waals surface area contributed by atoms with Crippen LogP contribution in [-0.4, -0.2) is 7.05 Å². The van der Waals surface area contributed by atoms with Crippen LogP contribution >= 0.6 is 0 Å². The Balaban J connectivity index is 2.54. The Bertz CT molecular complexity index is 592. The van der Waals surface area contributed by atoms with Gasteiger partial charge >= 0.3 is 0 Å². The van der Waals surface area contributed by atoms with Crippen LogP contribution in [0.4, 0.5) is 17.1 Å². The van der Waals surface area contributed by atoms with Gasteiger partial charge in [0, 0.05) is 24.1 Å². The van der Waals surface area contributed by atoms with E-state index < -0.39 is 0 Å². The van der Waals surface area contributed by atoms with E-state index in [1.54, 1.807) is 0 Å². The molecule has 2 nitrogen and oxygen atoms in total. The standard InChI is InChI=1S/C18H24N2/c1-13-7-6-8-16(18(2,3)4)17(13)20(5)15-11-9-14(19)10-12-15/h6-12H,19H2,1-5H3.